The van der Waals surface area contributed by atoms with E-state index in [0.29, 0.717) is 6.04 Å². The third kappa shape index (κ3) is 1.85. The summed E-state index contributed by atoms with van der Waals surface area (Å²) in [6, 6.07) is 3.61. The fourth-order valence-corrected chi connectivity index (χ4v) is 1.72. The molecule has 2 heterocycles. The van der Waals surface area contributed by atoms with Gasteiger partial charge in [0.25, 0.3) is 0 Å². The van der Waals surface area contributed by atoms with Gasteiger partial charge in [0.1, 0.15) is 11.6 Å². The maximum atomic E-state index is 12.7. The fourth-order valence-electron chi connectivity index (χ4n) is 1.72. The Bertz CT molecular complexity index is 299. The molecule has 0 amide bonds. The molecule has 1 aromatic rings. The minimum Gasteiger partial charge on any atom is -0.351 e. The highest BCUT2D eigenvalue weighted by molar-refractivity contribution is 5.39. The quantitative estimate of drug-likeness (QED) is 0.725. The van der Waals surface area contributed by atoms with Crippen LogP contribution in [0.15, 0.2) is 18.3 Å². The summed E-state index contributed by atoms with van der Waals surface area (Å²) in [5.41, 5.74) is 0. The third-order valence-corrected chi connectivity index (χ3v) is 2.51. The van der Waals surface area contributed by atoms with Crippen molar-refractivity contribution in [2.75, 3.05) is 24.5 Å². The zero-order chi connectivity index (χ0) is 9.97. The Morgan fingerprint density at radius 3 is 3.07 bits per heavy atom. The molecular weight excluding hydrogens is 181 g/mol. The molecule has 1 aromatic heterocycles. The number of anilines is 1. The van der Waals surface area contributed by atoms with Gasteiger partial charge in [0.05, 0.1) is 6.20 Å². The molecule has 0 aliphatic carbocycles. The first kappa shape index (κ1) is 9.40. The Morgan fingerprint density at radius 2 is 2.43 bits per heavy atom. The molecule has 1 fully saturated rings. The predicted octanol–water partition coefficient (Wildman–Crippen LogP) is 1.02. The number of rotatable bonds is 1. The number of pyridine rings is 1. The SMILES string of the molecule is C[C@H]1CNCCN1c1ccc(F)cn1. The van der Waals surface area contributed by atoms with Crippen molar-refractivity contribution < 1.29 is 4.39 Å². The first-order chi connectivity index (χ1) is 6.77. The number of hydrogen-bond donors (Lipinski definition) is 1. The molecular formula is C10H14FN3. The van der Waals surface area contributed by atoms with Crippen molar-refractivity contribution in [3.8, 4) is 0 Å². The first-order valence-electron chi connectivity index (χ1n) is 4.86. The van der Waals surface area contributed by atoms with Gasteiger partial charge in [-0.25, -0.2) is 9.37 Å². The van der Waals surface area contributed by atoms with Crippen molar-refractivity contribution in [2.45, 2.75) is 13.0 Å². The maximum absolute atomic E-state index is 12.7. The lowest BCUT2D eigenvalue weighted by Crippen LogP contribution is -2.50. The van der Waals surface area contributed by atoms with E-state index >= 15 is 0 Å². The van der Waals surface area contributed by atoms with Crippen LogP contribution in [-0.2, 0) is 0 Å². The third-order valence-electron chi connectivity index (χ3n) is 2.51. The number of nitrogens with zero attached hydrogens (tertiary/aromatic N) is 2. The van der Waals surface area contributed by atoms with E-state index < -0.39 is 0 Å². The van der Waals surface area contributed by atoms with Gasteiger partial charge in [-0.2, -0.15) is 0 Å². The van der Waals surface area contributed by atoms with Gasteiger partial charge in [0.2, 0.25) is 0 Å². The second-order valence-electron chi connectivity index (χ2n) is 3.58. The molecule has 1 saturated heterocycles. The molecule has 1 aliphatic rings. The summed E-state index contributed by atoms with van der Waals surface area (Å²) >= 11 is 0. The van der Waals surface area contributed by atoms with Gasteiger partial charge in [-0.15, -0.1) is 0 Å². The summed E-state index contributed by atoms with van der Waals surface area (Å²) in [6.45, 7) is 4.99. The van der Waals surface area contributed by atoms with Crippen molar-refractivity contribution >= 4 is 5.82 Å². The van der Waals surface area contributed by atoms with Crippen LogP contribution in [0.25, 0.3) is 0 Å². The molecule has 1 aliphatic heterocycles. The Labute approximate surface area is 82.9 Å². The van der Waals surface area contributed by atoms with Gasteiger partial charge in [-0.05, 0) is 19.1 Å². The zero-order valence-corrected chi connectivity index (χ0v) is 8.20. The largest absolute Gasteiger partial charge is 0.351 e. The molecule has 76 valence electrons. The highest BCUT2D eigenvalue weighted by Crippen LogP contribution is 2.14. The van der Waals surface area contributed by atoms with Crippen LogP contribution in [0, 0.1) is 5.82 Å². The summed E-state index contributed by atoms with van der Waals surface area (Å²) in [5.74, 6) is 0.580. The van der Waals surface area contributed by atoms with E-state index in [-0.39, 0.29) is 5.82 Å². The number of piperazine rings is 1. The van der Waals surface area contributed by atoms with E-state index in [9.17, 15) is 4.39 Å². The Hall–Kier alpha value is -1.16. The van der Waals surface area contributed by atoms with Gasteiger partial charge in [0.15, 0.2) is 0 Å². The number of nitrogens with one attached hydrogen (secondary N) is 1. The maximum Gasteiger partial charge on any atom is 0.141 e. The molecule has 1 N–H and O–H groups in total. The average molecular weight is 195 g/mol. The monoisotopic (exact) mass is 195 g/mol. The molecule has 0 spiro atoms. The second kappa shape index (κ2) is 3.92. The number of hydrogen-bond acceptors (Lipinski definition) is 3. The van der Waals surface area contributed by atoms with Crippen molar-refractivity contribution in [1.82, 2.24) is 10.3 Å². The van der Waals surface area contributed by atoms with Crippen LogP contribution in [-0.4, -0.2) is 30.7 Å². The van der Waals surface area contributed by atoms with E-state index in [1.165, 1.54) is 12.3 Å². The van der Waals surface area contributed by atoms with Crippen LogP contribution in [0.1, 0.15) is 6.92 Å². The summed E-state index contributed by atoms with van der Waals surface area (Å²) < 4.78 is 12.7. The highest BCUT2D eigenvalue weighted by atomic mass is 19.1. The summed E-state index contributed by atoms with van der Waals surface area (Å²) in [5, 5.41) is 3.30. The minimum atomic E-state index is -0.281. The zero-order valence-electron chi connectivity index (χ0n) is 8.20. The lowest BCUT2D eigenvalue weighted by molar-refractivity contribution is 0.496. The molecule has 14 heavy (non-hydrogen) atoms. The lowest BCUT2D eigenvalue weighted by atomic mass is 10.2. The summed E-state index contributed by atoms with van der Waals surface area (Å²) in [4.78, 5) is 6.27. The molecule has 0 radical (unpaired) electrons. The first-order valence-corrected chi connectivity index (χ1v) is 4.86. The number of aromatic nitrogens is 1. The Balaban J connectivity index is 2.16. The molecule has 0 bridgehead atoms. The van der Waals surface area contributed by atoms with Crippen LogP contribution in [0.2, 0.25) is 0 Å². The van der Waals surface area contributed by atoms with E-state index in [1.54, 1.807) is 6.07 Å². The van der Waals surface area contributed by atoms with Crippen LogP contribution >= 0.6 is 0 Å². The minimum absolute atomic E-state index is 0.281. The van der Waals surface area contributed by atoms with Crippen molar-refractivity contribution in [1.29, 1.82) is 0 Å². The summed E-state index contributed by atoms with van der Waals surface area (Å²) in [7, 11) is 0. The average Bonchev–Trinajstić information content (AvgIpc) is 2.20. The molecule has 0 unspecified atom stereocenters. The molecule has 0 aromatic carbocycles. The van der Waals surface area contributed by atoms with Crippen LogP contribution in [0.3, 0.4) is 0 Å². The molecule has 3 nitrogen and oxygen atoms in total. The topological polar surface area (TPSA) is 28.2 Å². The smallest absolute Gasteiger partial charge is 0.141 e. The fraction of sp³-hybridized carbons (Fsp3) is 0.500. The van der Waals surface area contributed by atoms with Crippen LogP contribution in [0.4, 0.5) is 10.2 Å². The Kier molecular flexibility index (Phi) is 2.63. The molecule has 0 saturated carbocycles. The van der Waals surface area contributed by atoms with E-state index in [0.717, 1.165) is 25.5 Å². The molecule has 2 rings (SSSR count). The van der Waals surface area contributed by atoms with Crippen molar-refractivity contribution in [2.24, 2.45) is 0 Å². The highest BCUT2D eigenvalue weighted by Gasteiger charge is 2.18. The van der Waals surface area contributed by atoms with Gasteiger partial charge in [-0.1, -0.05) is 0 Å². The van der Waals surface area contributed by atoms with Crippen LogP contribution < -0.4 is 10.2 Å². The summed E-state index contributed by atoms with van der Waals surface area (Å²) in [6.07, 6.45) is 1.27. The van der Waals surface area contributed by atoms with Gasteiger partial charge >= 0.3 is 0 Å². The van der Waals surface area contributed by atoms with Gasteiger partial charge in [0, 0.05) is 25.7 Å². The number of halogens is 1. The standard InChI is InChI=1S/C10H14FN3/c1-8-6-12-4-5-14(8)10-3-2-9(11)7-13-10/h2-3,7-8,12H,4-6H2,1H3/t8-/m0/s1. The second-order valence-corrected chi connectivity index (χ2v) is 3.58. The molecule has 4 heteroatoms. The van der Waals surface area contributed by atoms with E-state index in [4.69, 9.17) is 0 Å². The van der Waals surface area contributed by atoms with Crippen molar-refractivity contribution in [3.63, 3.8) is 0 Å². The van der Waals surface area contributed by atoms with Gasteiger partial charge < -0.3 is 10.2 Å². The van der Waals surface area contributed by atoms with Gasteiger partial charge in [-0.3, -0.25) is 0 Å². The Morgan fingerprint density at radius 1 is 1.57 bits per heavy atom. The van der Waals surface area contributed by atoms with Crippen LogP contribution in [0.5, 0.6) is 0 Å². The van der Waals surface area contributed by atoms with Crippen molar-refractivity contribution in [3.05, 3.63) is 24.1 Å². The van der Waals surface area contributed by atoms with E-state index in [2.05, 4.69) is 22.1 Å². The lowest BCUT2D eigenvalue weighted by Gasteiger charge is -2.34. The van der Waals surface area contributed by atoms with E-state index in [1.807, 2.05) is 0 Å². The predicted molar refractivity (Wildman–Crippen MR) is 53.9 cm³/mol. The molecule has 1 atom stereocenters. The normalized spacial score (nSPS) is 22.4.